The van der Waals surface area contributed by atoms with Crippen molar-refractivity contribution in [3.05, 3.63) is 24.3 Å². The molecular formula is C10H16Cl2N4O. The Labute approximate surface area is 113 Å². The van der Waals surface area contributed by atoms with E-state index in [2.05, 4.69) is 15.3 Å². The first-order valence-electron chi connectivity index (χ1n) is 5.07. The van der Waals surface area contributed by atoms with Gasteiger partial charge in [0, 0.05) is 38.1 Å². The summed E-state index contributed by atoms with van der Waals surface area (Å²) in [6.07, 6.45) is 4.62. The number of hydrogen-bond acceptors (Lipinski definition) is 4. The summed E-state index contributed by atoms with van der Waals surface area (Å²) in [6, 6.07) is 0.216. The molecule has 1 aliphatic heterocycles. The fraction of sp³-hybridized carbons (Fsp3) is 0.500. The van der Waals surface area contributed by atoms with Gasteiger partial charge in [-0.15, -0.1) is 24.8 Å². The van der Waals surface area contributed by atoms with Crippen LogP contribution in [-0.4, -0.2) is 46.5 Å². The average Bonchev–Trinajstić information content (AvgIpc) is 2.30. The third-order valence-electron chi connectivity index (χ3n) is 2.54. The Kier molecular flexibility index (Phi) is 7.03. The van der Waals surface area contributed by atoms with Crippen LogP contribution in [0, 0.1) is 0 Å². The fourth-order valence-electron chi connectivity index (χ4n) is 1.70. The highest BCUT2D eigenvalue weighted by Crippen LogP contribution is 2.07. The monoisotopic (exact) mass is 278 g/mol. The van der Waals surface area contributed by atoms with Crippen LogP contribution in [0.3, 0.4) is 0 Å². The molecule has 1 unspecified atom stereocenters. The number of carbonyl (C=O) groups excluding carboxylic acids is 1. The molecule has 1 aliphatic rings. The Balaban J connectivity index is 0.00000128. The number of amides is 1. The highest BCUT2D eigenvalue weighted by molar-refractivity contribution is 5.92. The molecule has 17 heavy (non-hydrogen) atoms. The van der Waals surface area contributed by atoms with Gasteiger partial charge >= 0.3 is 0 Å². The Bertz CT molecular complexity index is 349. The minimum absolute atomic E-state index is 0. The predicted octanol–water partition coefficient (Wildman–Crippen LogP) is 0.754. The summed E-state index contributed by atoms with van der Waals surface area (Å²) in [5, 5.41) is 3.24. The van der Waals surface area contributed by atoms with Crippen LogP contribution in [0.15, 0.2) is 18.6 Å². The smallest absolute Gasteiger partial charge is 0.274 e. The molecule has 1 aromatic heterocycles. The van der Waals surface area contributed by atoms with Crippen LogP contribution in [0.5, 0.6) is 0 Å². The lowest BCUT2D eigenvalue weighted by Crippen LogP contribution is -2.52. The zero-order valence-electron chi connectivity index (χ0n) is 9.50. The molecule has 0 saturated carbocycles. The molecule has 0 spiro atoms. The van der Waals surface area contributed by atoms with Crippen LogP contribution in [0.2, 0.25) is 0 Å². The quantitative estimate of drug-likeness (QED) is 0.824. The number of hydrogen-bond donors (Lipinski definition) is 1. The molecule has 1 aromatic rings. The second-order valence-electron chi connectivity index (χ2n) is 3.64. The number of aromatic nitrogens is 2. The summed E-state index contributed by atoms with van der Waals surface area (Å²) in [7, 11) is 0. The topological polar surface area (TPSA) is 58.1 Å². The number of nitrogens with one attached hydrogen (secondary N) is 1. The number of halogens is 2. The van der Waals surface area contributed by atoms with Gasteiger partial charge in [-0.2, -0.15) is 0 Å². The van der Waals surface area contributed by atoms with E-state index >= 15 is 0 Å². The van der Waals surface area contributed by atoms with Gasteiger partial charge in [-0.25, -0.2) is 4.98 Å². The highest BCUT2D eigenvalue weighted by atomic mass is 35.5. The zero-order chi connectivity index (χ0) is 10.7. The Morgan fingerprint density at radius 1 is 1.47 bits per heavy atom. The number of rotatable bonds is 1. The van der Waals surface area contributed by atoms with Gasteiger partial charge in [0.05, 0.1) is 6.20 Å². The maximum atomic E-state index is 12.0. The minimum atomic E-state index is -0.0305. The maximum absolute atomic E-state index is 12.0. The van der Waals surface area contributed by atoms with Gasteiger partial charge in [0.15, 0.2) is 0 Å². The van der Waals surface area contributed by atoms with Crippen molar-refractivity contribution >= 4 is 30.7 Å². The standard InChI is InChI=1S/C10H14N4O.2ClH/c1-8-6-12-4-5-14(8)10(15)9-7-11-2-3-13-9;;/h2-3,7-8,12H,4-6H2,1H3;2*1H. The van der Waals surface area contributed by atoms with Crippen molar-refractivity contribution in [3.8, 4) is 0 Å². The lowest BCUT2D eigenvalue weighted by Gasteiger charge is -2.33. The van der Waals surface area contributed by atoms with Crippen LogP contribution in [0.4, 0.5) is 0 Å². The first kappa shape index (κ1) is 16.1. The Morgan fingerprint density at radius 3 is 2.82 bits per heavy atom. The Hall–Kier alpha value is -0.910. The van der Waals surface area contributed by atoms with Gasteiger partial charge in [0.2, 0.25) is 0 Å². The lowest BCUT2D eigenvalue weighted by atomic mass is 10.2. The van der Waals surface area contributed by atoms with E-state index in [9.17, 15) is 4.79 Å². The van der Waals surface area contributed by atoms with Crippen molar-refractivity contribution in [2.24, 2.45) is 0 Å². The van der Waals surface area contributed by atoms with Crippen molar-refractivity contribution in [2.75, 3.05) is 19.6 Å². The lowest BCUT2D eigenvalue weighted by molar-refractivity contribution is 0.0649. The van der Waals surface area contributed by atoms with Crippen molar-refractivity contribution in [2.45, 2.75) is 13.0 Å². The molecule has 1 amide bonds. The fourth-order valence-corrected chi connectivity index (χ4v) is 1.70. The molecule has 1 N–H and O–H groups in total. The van der Waals surface area contributed by atoms with Gasteiger partial charge in [0.1, 0.15) is 5.69 Å². The summed E-state index contributed by atoms with van der Waals surface area (Å²) < 4.78 is 0. The predicted molar refractivity (Wildman–Crippen MR) is 69.9 cm³/mol. The van der Waals surface area contributed by atoms with E-state index in [0.29, 0.717) is 5.69 Å². The van der Waals surface area contributed by atoms with Crippen molar-refractivity contribution in [1.82, 2.24) is 20.2 Å². The largest absolute Gasteiger partial charge is 0.332 e. The third kappa shape index (κ3) is 3.80. The van der Waals surface area contributed by atoms with E-state index in [1.54, 1.807) is 12.4 Å². The van der Waals surface area contributed by atoms with Gasteiger partial charge in [-0.1, -0.05) is 0 Å². The second-order valence-corrected chi connectivity index (χ2v) is 3.64. The van der Waals surface area contributed by atoms with E-state index in [-0.39, 0.29) is 36.8 Å². The Morgan fingerprint density at radius 2 is 2.24 bits per heavy atom. The van der Waals surface area contributed by atoms with Crippen LogP contribution in [0.25, 0.3) is 0 Å². The summed E-state index contributed by atoms with van der Waals surface area (Å²) >= 11 is 0. The van der Waals surface area contributed by atoms with E-state index in [4.69, 9.17) is 0 Å². The van der Waals surface area contributed by atoms with E-state index in [1.807, 2.05) is 11.8 Å². The molecule has 7 heteroatoms. The molecule has 96 valence electrons. The first-order valence-corrected chi connectivity index (χ1v) is 5.07. The van der Waals surface area contributed by atoms with Crippen LogP contribution in [0.1, 0.15) is 17.4 Å². The van der Waals surface area contributed by atoms with Crippen LogP contribution >= 0.6 is 24.8 Å². The summed E-state index contributed by atoms with van der Waals surface area (Å²) in [5.74, 6) is -0.0305. The maximum Gasteiger partial charge on any atom is 0.274 e. The van der Waals surface area contributed by atoms with E-state index in [1.165, 1.54) is 6.20 Å². The molecule has 1 atom stereocenters. The second kappa shape index (κ2) is 7.42. The van der Waals surface area contributed by atoms with E-state index in [0.717, 1.165) is 19.6 Å². The molecule has 1 saturated heterocycles. The molecule has 0 bridgehead atoms. The number of nitrogens with zero attached hydrogens (tertiary/aromatic N) is 3. The molecule has 2 heterocycles. The summed E-state index contributed by atoms with van der Waals surface area (Å²) in [4.78, 5) is 21.8. The molecule has 0 aliphatic carbocycles. The van der Waals surface area contributed by atoms with Gasteiger partial charge < -0.3 is 10.2 Å². The molecule has 0 aromatic carbocycles. The number of carbonyl (C=O) groups is 1. The molecule has 5 nitrogen and oxygen atoms in total. The molecule has 2 rings (SSSR count). The molecule has 0 radical (unpaired) electrons. The van der Waals surface area contributed by atoms with Crippen LogP contribution in [-0.2, 0) is 0 Å². The summed E-state index contributed by atoms with van der Waals surface area (Å²) in [6.45, 7) is 4.44. The summed E-state index contributed by atoms with van der Waals surface area (Å²) in [5.41, 5.74) is 0.422. The third-order valence-corrected chi connectivity index (χ3v) is 2.54. The average molecular weight is 279 g/mol. The minimum Gasteiger partial charge on any atom is -0.332 e. The molecular weight excluding hydrogens is 263 g/mol. The normalized spacial score (nSPS) is 18.9. The zero-order valence-corrected chi connectivity index (χ0v) is 11.1. The molecule has 1 fully saturated rings. The van der Waals surface area contributed by atoms with Crippen molar-refractivity contribution < 1.29 is 4.79 Å². The van der Waals surface area contributed by atoms with Gasteiger partial charge in [-0.3, -0.25) is 9.78 Å². The van der Waals surface area contributed by atoms with Crippen molar-refractivity contribution in [3.63, 3.8) is 0 Å². The number of piperazine rings is 1. The van der Waals surface area contributed by atoms with E-state index < -0.39 is 0 Å². The van der Waals surface area contributed by atoms with Gasteiger partial charge in [-0.05, 0) is 6.92 Å². The SMILES string of the molecule is CC1CNCCN1C(=O)c1cnccn1.Cl.Cl. The van der Waals surface area contributed by atoms with Crippen LogP contribution < -0.4 is 5.32 Å². The van der Waals surface area contributed by atoms with Crippen molar-refractivity contribution in [1.29, 1.82) is 0 Å². The first-order chi connectivity index (χ1) is 7.29. The van der Waals surface area contributed by atoms with Gasteiger partial charge in [0.25, 0.3) is 5.91 Å². The highest BCUT2D eigenvalue weighted by Gasteiger charge is 2.24.